The Hall–Kier alpha value is -3.22. The van der Waals surface area contributed by atoms with Crippen LogP contribution in [0, 0.1) is 0 Å². The van der Waals surface area contributed by atoms with Gasteiger partial charge in [0.1, 0.15) is 18.0 Å². The fourth-order valence-electron chi connectivity index (χ4n) is 3.37. The Balaban J connectivity index is 1.56. The van der Waals surface area contributed by atoms with Crippen molar-refractivity contribution >= 4 is 11.7 Å². The second-order valence-electron chi connectivity index (χ2n) is 6.26. The zero-order valence-corrected chi connectivity index (χ0v) is 14.5. The molecule has 1 N–H and O–H groups in total. The maximum atomic E-state index is 13.0. The van der Waals surface area contributed by atoms with Gasteiger partial charge in [0.25, 0.3) is 5.91 Å². The fraction of sp³-hybridized carbons (Fsp3) is 0.263. The van der Waals surface area contributed by atoms with E-state index in [2.05, 4.69) is 20.3 Å². The van der Waals surface area contributed by atoms with E-state index >= 15 is 0 Å². The van der Waals surface area contributed by atoms with Crippen LogP contribution < -0.4 is 5.32 Å². The lowest BCUT2D eigenvalue weighted by Crippen LogP contribution is -2.30. The summed E-state index contributed by atoms with van der Waals surface area (Å²) in [6.07, 6.45) is 10.6. The molecule has 1 aliphatic heterocycles. The number of rotatable bonds is 4. The molecule has 1 fully saturated rings. The van der Waals surface area contributed by atoms with Gasteiger partial charge in [-0.05, 0) is 42.7 Å². The summed E-state index contributed by atoms with van der Waals surface area (Å²) in [7, 11) is 1.84. The van der Waals surface area contributed by atoms with Crippen LogP contribution in [0.5, 0.6) is 0 Å². The number of carbonyl (C=O) groups is 1. The van der Waals surface area contributed by atoms with Gasteiger partial charge in [0, 0.05) is 38.4 Å². The van der Waals surface area contributed by atoms with Crippen molar-refractivity contribution in [1.29, 1.82) is 0 Å². The van der Waals surface area contributed by atoms with E-state index in [1.807, 2.05) is 47.0 Å². The number of anilines is 1. The highest BCUT2D eigenvalue weighted by Crippen LogP contribution is 2.33. The molecule has 3 aromatic rings. The third-order valence-electron chi connectivity index (χ3n) is 4.70. The van der Waals surface area contributed by atoms with Crippen molar-refractivity contribution in [1.82, 2.24) is 24.4 Å². The van der Waals surface area contributed by atoms with E-state index in [-0.39, 0.29) is 11.9 Å². The summed E-state index contributed by atoms with van der Waals surface area (Å²) in [6.45, 7) is 0.754. The molecule has 7 heteroatoms. The predicted molar refractivity (Wildman–Crippen MR) is 98.2 cm³/mol. The van der Waals surface area contributed by atoms with Gasteiger partial charge >= 0.3 is 0 Å². The van der Waals surface area contributed by atoms with Crippen LogP contribution in [0.3, 0.4) is 0 Å². The minimum atomic E-state index is 0.0139. The molecule has 1 saturated heterocycles. The summed E-state index contributed by atoms with van der Waals surface area (Å²) in [5.41, 5.74) is 1.71. The molecule has 0 aromatic carbocycles. The number of pyridine rings is 2. The number of carbonyl (C=O) groups excluding carboxylic acids is 1. The van der Waals surface area contributed by atoms with Gasteiger partial charge in [-0.3, -0.25) is 9.36 Å². The molecule has 0 aliphatic carbocycles. The van der Waals surface area contributed by atoms with Gasteiger partial charge < -0.3 is 10.2 Å². The SMILES string of the molecule is CNc1cc([C@H]2CCCN2C(=O)c2ccc(-n3ccnc3)nc2)ccn1. The van der Waals surface area contributed by atoms with E-state index in [9.17, 15) is 4.79 Å². The Bertz CT molecular complexity index is 891. The van der Waals surface area contributed by atoms with E-state index < -0.39 is 0 Å². The molecule has 0 unspecified atom stereocenters. The van der Waals surface area contributed by atoms with Crippen molar-refractivity contribution in [2.45, 2.75) is 18.9 Å². The second kappa shape index (κ2) is 6.95. The van der Waals surface area contributed by atoms with Crippen molar-refractivity contribution < 1.29 is 4.79 Å². The number of nitrogens with one attached hydrogen (secondary N) is 1. The first-order valence-corrected chi connectivity index (χ1v) is 8.65. The lowest BCUT2D eigenvalue weighted by atomic mass is 10.1. The molecule has 0 bridgehead atoms. The number of nitrogens with zero attached hydrogens (tertiary/aromatic N) is 5. The Morgan fingerprint density at radius 1 is 1.23 bits per heavy atom. The van der Waals surface area contributed by atoms with Crippen molar-refractivity contribution in [2.75, 3.05) is 18.9 Å². The highest BCUT2D eigenvalue weighted by Gasteiger charge is 2.31. The number of amides is 1. The molecule has 132 valence electrons. The van der Waals surface area contributed by atoms with Crippen LogP contribution in [0.15, 0.2) is 55.4 Å². The van der Waals surface area contributed by atoms with Crippen LogP contribution in [0.2, 0.25) is 0 Å². The summed E-state index contributed by atoms with van der Waals surface area (Å²) in [6, 6.07) is 7.73. The summed E-state index contributed by atoms with van der Waals surface area (Å²) in [5, 5.41) is 3.05. The molecule has 26 heavy (non-hydrogen) atoms. The van der Waals surface area contributed by atoms with Gasteiger partial charge in [-0.25, -0.2) is 15.0 Å². The van der Waals surface area contributed by atoms with Gasteiger partial charge in [0.15, 0.2) is 0 Å². The van der Waals surface area contributed by atoms with Gasteiger partial charge in [0.2, 0.25) is 0 Å². The predicted octanol–water partition coefficient (Wildman–Crippen LogP) is 2.68. The van der Waals surface area contributed by atoms with E-state index in [4.69, 9.17) is 0 Å². The molecule has 0 radical (unpaired) electrons. The molecular formula is C19H20N6O. The quantitative estimate of drug-likeness (QED) is 0.784. The molecule has 7 nitrogen and oxygen atoms in total. The van der Waals surface area contributed by atoms with Crippen molar-refractivity contribution in [3.8, 4) is 5.82 Å². The van der Waals surface area contributed by atoms with Crippen LogP contribution >= 0.6 is 0 Å². The van der Waals surface area contributed by atoms with E-state index in [0.717, 1.165) is 36.6 Å². The Labute approximate surface area is 151 Å². The van der Waals surface area contributed by atoms with Crippen LogP contribution in [0.25, 0.3) is 5.82 Å². The normalized spacial score (nSPS) is 16.7. The Morgan fingerprint density at radius 3 is 2.88 bits per heavy atom. The number of hydrogen-bond donors (Lipinski definition) is 1. The fourth-order valence-corrected chi connectivity index (χ4v) is 3.37. The Kier molecular flexibility index (Phi) is 4.35. The second-order valence-corrected chi connectivity index (χ2v) is 6.26. The molecule has 1 amide bonds. The highest BCUT2D eigenvalue weighted by atomic mass is 16.2. The minimum Gasteiger partial charge on any atom is -0.373 e. The number of aromatic nitrogens is 4. The van der Waals surface area contributed by atoms with Gasteiger partial charge in [-0.15, -0.1) is 0 Å². The average Bonchev–Trinajstić information content (AvgIpc) is 3.39. The standard InChI is InChI=1S/C19H20N6O/c1-20-17-11-14(6-7-22-17)16-3-2-9-25(16)19(26)15-4-5-18(23-12-15)24-10-8-21-13-24/h4-8,10-13,16H,2-3,9H2,1H3,(H,20,22)/t16-/m1/s1. The van der Waals surface area contributed by atoms with E-state index in [1.165, 1.54) is 0 Å². The summed E-state index contributed by atoms with van der Waals surface area (Å²) < 4.78 is 1.81. The van der Waals surface area contributed by atoms with E-state index in [1.54, 1.807) is 24.9 Å². The van der Waals surface area contributed by atoms with E-state index in [0.29, 0.717) is 5.56 Å². The van der Waals surface area contributed by atoms with Gasteiger partial charge in [-0.2, -0.15) is 0 Å². The molecule has 4 heterocycles. The van der Waals surface area contributed by atoms with Crippen LogP contribution in [0.4, 0.5) is 5.82 Å². The Morgan fingerprint density at radius 2 is 2.15 bits per heavy atom. The molecule has 0 saturated carbocycles. The number of hydrogen-bond acceptors (Lipinski definition) is 5. The monoisotopic (exact) mass is 348 g/mol. The summed E-state index contributed by atoms with van der Waals surface area (Å²) in [5.74, 6) is 1.57. The lowest BCUT2D eigenvalue weighted by molar-refractivity contribution is 0.0735. The molecule has 3 aromatic heterocycles. The lowest BCUT2D eigenvalue weighted by Gasteiger charge is -2.25. The molecule has 0 spiro atoms. The molecular weight excluding hydrogens is 328 g/mol. The molecule has 4 rings (SSSR count). The maximum absolute atomic E-state index is 13.0. The zero-order valence-electron chi connectivity index (χ0n) is 14.5. The third kappa shape index (κ3) is 3.03. The third-order valence-corrected chi connectivity index (χ3v) is 4.70. The van der Waals surface area contributed by atoms with Crippen molar-refractivity contribution in [3.63, 3.8) is 0 Å². The summed E-state index contributed by atoms with van der Waals surface area (Å²) in [4.78, 5) is 27.6. The maximum Gasteiger partial charge on any atom is 0.255 e. The minimum absolute atomic E-state index is 0.0139. The largest absolute Gasteiger partial charge is 0.373 e. The first-order chi connectivity index (χ1) is 12.8. The molecule has 1 aliphatic rings. The number of likely N-dealkylation sites (tertiary alicyclic amines) is 1. The van der Waals surface area contributed by atoms with Gasteiger partial charge in [-0.1, -0.05) is 0 Å². The average molecular weight is 348 g/mol. The number of imidazole rings is 1. The first-order valence-electron chi connectivity index (χ1n) is 8.65. The van der Waals surface area contributed by atoms with Crippen molar-refractivity contribution in [2.24, 2.45) is 0 Å². The smallest absolute Gasteiger partial charge is 0.255 e. The van der Waals surface area contributed by atoms with Crippen LogP contribution in [-0.2, 0) is 0 Å². The van der Waals surface area contributed by atoms with Crippen LogP contribution in [-0.4, -0.2) is 43.9 Å². The first kappa shape index (κ1) is 16.3. The van der Waals surface area contributed by atoms with Gasteiger partial charge in [0.05, 0.1) is 11.6 Å². The summed E-state index contributed by atoms with van der Waals surface area (Å²) >= 11 is 0. The highest BCUT2D eigenvalue weighted by molar-refractivity contribution is 5.94. The topological polar surface area (TPSA) is 75.9 Å². The zero-order chi connectivity index (χ0) is 17.9. The van der Waals surface area contributed by atoms with Crippen LogP contribution in [0.1, 0.15) is 34.8 Å². The molecule has 1 atom stereocenters. The van der Waals surface area contributed by atoms with Crippen molar-refractivity contribution in [3.05, 3.63) is 66.5 Å².